The van der Waals surface area contributed by atoms with Gasteiger partial charge in [-0.25, -0.2) is 9.59 Å². The van der Waals surface area contributed by atoms with E-state index in [2.05, 4.69) is 37.4 Å². The molecule has 2 saturated carbocycles. The van der Waals surface area contributed by atoms with E-state index in [0.29, 0.717) is 12.3 Å². The molecule has 0 saturated heterocycles. The van der Waals surface area contributed by atoms with Crippen molar-refractivity contribution in [3.05, 3.63) is 59.7 Å². The molecule has 0 spiro atoms. The van der Waals surface area contributed by atoms with E-state index in [-0.39, 0.29) is 36.9 Å². The van der Waals surface area contributed by atoms with Crippen LogP contribution in [0.2, 0.25) is 0 Å². The average molecular weight is 513 g/mol. The molecule has 1 aromatic rings. The van der Waals surface area contributed by atoms with Crippen molar-refractivity contribution >= 4 is 11.9 Å². The van der Waals surface area contributed by atoms with Crippen LogP contribution in [-0.4, -0.2) is 50.6 Å². The van der Waals surface area contributed by atoms with E-state index in [4.69, 9.17) is 19.3 Å². The topological polar surface area (TPSA) is 82.1 Å². The van der Waals surface area contributed by atoms with Crippen LogP contribution in [0.3, 0.4) is 0 Å². The van der Waals surface area contributed by atoms with E-state index >= 15 is 0 Å². The predicted molar refractivity (Wildman–Crippen MR) is 144 cm³/mol. The summed E-state index contributed by atoms with van der Waals surface area (Å²) in [6.07, 6.45) is 12.5. The number of carbonyl (C=O) groups is 2. The minimum Gasteiger partial charge on any atom is -0.462 e. The highest BCUT2D eigenvalue weighted by Crippen LogP contribution is 2.43. The number of ether oxygens (including phenoxy) is 3. The van der Waals surface area contributed by atoms with Crippen LogP contribution in [0.25, 0.3) is 0 Å². The van der Waals surface area contributed by atoms with Crippen LogP contribution in [-0.2, 0) is 30.2 Å². The monoisotopic (exact) mass is 512 g/mol. The van der Waals surface area contributed by atoms with E-state index in [9.17, 15) is 9.59 Å². The summed E-state index contributed by atoms with van der Waals surface area (Å²) in [6.45, 7) is 6.99. The normalized spacial score (nSPS) is 20.8. The van der Waals surface area contributed by atoms with Gasteiger partial charge in [-0.3, -0.25) is 0 Å². The average Bonchev–Trinajstić information content (AvgIpc) is 3.47. The second-order valence-electron chi connectivity index (χ2n) is 10.8. The fourth-order valence-corrected chi connectivity index (χ4v) is 5.78. The zero-order valence-electron chi connectivity index (χ0n) is 22.4. The molecule has 2 aliphatic carbocycles. The maximum atomic E-state index is 12.1. The third-order valence-corrected chi connectivity index (χ3v) is 8.12. The largest absolute Gasteiger partial charge is 0.462 e. The molecule has 2 fully saturated rings. The van der Waals surface area contributed by atoms with Gasteiger partial charge in [-0.1, -0.05) is 63.1 Å². The van der Waals surface area contributed by atoms with Gasteiger partial charge in [0, 0.05) is 13.0 Å². The van der Waals surface area contributed by atoms with Crippen molar-refractivity contribution in [2.24, 2.45) is 17.8 Å². The lowest BCUT2D eigenvalue weighted by Gasteiger charge is -2.32. The van der Waals surface area contributed by atoms with Crippen LogP contribution >= 0.6 is 0 Å². The summed E-state index contributed by atoms with van der Waals surface area (Å²) in [4.78, 5) is 24.1. The lowest BCUT2D eigenvalue weighted by molar-refractivity contribution is -0.144. The lowest BCUT2D eigenvalue weighted by Crippen LogP contribution is -2.23. The second kappa shape index (κ2) is 15.1. The molecule has 6 heteroatoms. The molecule has 0 radical (unpaired) electrons. The molecule has 1 atom stereocenters. The molecule has 6 nitrogen and oxygen atoms in total. The van der Waals surface area contributed by atoms with Gasteiger partial charge in [-0.05, 0) is 67.4 Å². The molecule has 0 aliphatic heterocycles. The molecule has 204 valence electrons. The lowest BCUT2D eigenvalue weighted by atomic mass is 9.73. The van der Waals surface area contributed by atoms with Crippen molar-refractivity contribution in [3.8, 4) is 0 Å². The fraction of sp³-hybridized carbons (Fsp3) is 0.613. The van der Waals surface area contributed by atoms with Crippen LogP contribution in [0.5, 0.6) is 0 Å². The van der Waals surface area contributed by atoms with Gasteiger partial charge in [0.2, 0.25) is 0 Å². The number of aliphatic hydroxyl groups excluding tert-OH is 1. The predicted octanol–water partition coefficient (Wildman–Crippen LogP) is 5.54. The van der Waals surface area contributed by atoms with Crippen molar-refractivity contribution in [2.45, 2.75) is 70.1 Å². The van der Waals surface area contributed by atoms with Gasteiger partial charge >= 0.3 is 11.9 Å². The molecule has 0 amide bonds. The van der Waals surface area contributed by atoms with Crippen LogP contribution in [0.15, 0.2) is 48.6 Å². The number of aliphatic hydroxyl groups is 1. The Hall–Kier alpha value is -2.44. The van der Waals surface area contributed by atoms with Crippen LogP contribution < -0.4 is 0 Å². The van der Waals surface area contributed by atoms with Gasteiger partial charge in [0.25, 0.3) is 0 Å². The molecule has 0 heterocycles. The number of rotatable bonds is 14. The first kappa shape index (κ1) is 29.1. The summed E-state index contributed by atoms with van der Waals surface area (Å²) >= 11 is 0. The molecule has 3 rings (SSSR count). The Labute approximate surface area is 222 Å². The number of aryl methyl sites for hydroxylation is 1. The van der Waals surface area contributed by atoms with E-state index in [0.717, 1.165) is 18.3 Å². The first-order valence-corrected chi connectivity index (χ1v) is 13.8. The Bertz CT molecular complexity index is 891. The molecule has 1 unspecified atom stereocenters. The summed E-state index contributed by atoms with van der Waals surface area (Å²) < 4.78 is 15.6. The first-order chi connectivity index (χ1) is 17.9. The van der Waals surface area contributed by atoms with Crippen LogP contribution in [0.1, 0.15) is 74.8 Å². The van der Waals surface area contributed by atoms with Crippen LogP contribution in [0.4, 0.5) is 0 Å². The Morgan fingerprint density at radius 1 is 0.892 bits per heavy atom. The molecule has 37 heavy (non-hydrogen) atoms. The van der Waals surface area contributed by atoms with E-state index in [1.807, 2.05) is 0 Å². The van der Waals surface area contributed by atoms with E-state index < -0.39 is 18.5 Å². The highest BCUT2D eigenvalue weighted by molar-refractivity contribution is 5.88. The van der Waals surface area contributed by atoms with E-state index in [1.54, 1.807) is 0 Å². The third-order valence-electron chi connectivity index (χ3n) is 8.12. The van der Waals surface area contributed by atoms with Gasteiger partial charge in [-0.2, -0.15) is 0 Å². The molecule has 0 bridgehead atoms. The Kier molecular flexibility index (Phi) is 11.9. The molecular weight excluding hydrogens is 468 g/mol. The summed E-state index contributed by atoms with van der Waals surface area (Å²) in [5.41, 5.74) is 2.87. The number of methoxy groups -OCH3 is 1. The molecular formula is C31H44O6. The van der Waals surface area contributed by atoms with Crippen molar-refractivity contribution in [1.29, 1.82) is 0 Å². The summed E-state index contributed by atoms with van der Waals surface area (Å²) in [5, 5.41) is 9.10. The van der Waals surface area contributed by atoms with Gasteiger partial charge in [0.1, 0.15) is 0 Å². The Morgan fingerprint density at radius 3 is 2.03 bits per heavy atom. The molecule has 1 aromatic carbocycles. The summed E-state index contributed by atoms with van der Waals surface area (Å²) in [5.74, 6) is 1.23. The maximum Gasteiger partial charge on any atom is 0.335 e. The van der Waals surface area contributed by atoms with Crippen molar-refractivity contribution < 1.29 is 28.9 Å². The zero-order chi connectivity index (χ0) is 26.6. The van der Waals surface area contributed by atoms with Crippen molar-refractivity contribution in [3.63, 3.8) is 0 Å². The smallest absolute Gasteiger partial charge is 0.335 e. The van der Waals surface area contributed by atoms with Gasteiger partial charge in [0.05, 0.1) is 37.6 Å². The fourth-order valence-electron chi connectivity index (χ4n) is 5.78. The Balaban J connectivity index is 1.50. The number of hydrogen-bond acceptors (Lipinski definition) is 6. The highest BCUT2D eigenvalue weighted by atomic mass is 16.5. The number of esters is 2. The second-order valence-corrected chi connectivity index (χ2v) is 10.8. The maximum absolute atomic E-state index is 12.1. The highest BCUT2D eigenvalue weighted by Gasteiger charge is 2.29. The van der Waals surface area contributed by atoms with Gasteiger partial charge in [0.15, 0.2) is 0 Å². The summed E-state index contributed by atoms with van der Waals surface area (Å²) in [6, 6.07) is 8.93. The number of hydrogen-bond donors (Lipinski definition) is 1. The first-order valence-electron chi connectivity index (χ1n) is 13.8. The Morgan fingerprint density at radius 2 is 1.46 bits per heavy atom. The minimum absolute atomic E-state index is 0.00270. The van der Waals surface area contributed by atoms with Crippen molar-refractivity contribution in [1.82, 2.24) is 0 Å². The molecule has 2 aliphatic rings. The quantitative estimate of drug-likeness (QED) is 0.260. The van der Waals surface area contributed by atoms with Gasteiger partial charge in [-0.15, -0.1) is 0 Å². The summed E-state index contributed by atoms with van der Waals surface area (Å²) in [7, 11) is 1.49. The molecule has 0 aromatic heterocycles. The SMILES string of the molecule is C=C(CO)C(=O)OCC(CCc1ccc(C2CCC(C3CCCC3)CC2)cc1)COC(=O)C(=C)COC. The van der Waals surface area contributed by atoms with Crippen molar-refractivity contribution in [2.75, 3.05) is 33.5 Å². The standard InChI is InChI=1S/C31H44O6/c1-22(18-32)30(33)36-20-25(21-37-31(34)23(2)19-35-3)9-8-24-10-12-27(13-11-24)29-16-14-28(15-17-29)26-6-4-5-7-26/h10-13,25-26,28-29,32H,1-2,4-9,14-21H2,3H3. The zero-order valence-corrected chi connectivity index (χ0v) is 22.4. The van der Waals surface area contributed by atoms with Gasteiger partial charge < -0.3 is 19.3 Å². The van der Waals surface area contributed by atoms with Crippen LogP contribution in [0, 0.1) is 17.8 Å². The molecule has 1 N–H and O–H groups in total. The minimum atomic E-state index is -0.644. The number of carbonyl (C=O) groups excluding carboxylic acids is 2. The van der Waals surface area contributed by atoms with E-state index in [1.165, 1.54) is 69.6 Å². The third kappa shape index (κ3) is 9.11. The number of benzene rings is 1.